The Hall–Kier alpha value is -1.06. The van der Waals surface area contributed by atoms with Gasteiger partial charge in [-0.05, 0) is 26.2 Å². The number of carbonyl (C=O) groups is 2. The molecule has 0 aliphatic carbocycles. The van der Waals surface area contributed by atoms with Gasteiger partial charge in [-0.15, -0.1) is 0 Å². The fourth-order valence-electron chi connectivity index (χ4n) is 0.869. The van der Waals surface area contributed by atoms with E-state index in [2.05, 4.69) is 4.74 Å². The van der Waals surface area contributed by atoms with Crippen molar-refractivity contribution in [2.24, 2.45) is 0 Å². The molecule has 4 nitrogen and oxygen atoms in total. The van der Waals surface area contributed by atoms with E-state index >= 15 is 0 Å². The van der Waals surface area contributed by atoms with E-state index in [1.165, 1.54) is 0 Å². The summed E-state index contributed by atoms with van der Waals surface area (Å²) < 4.78 is 9.54. The lowest BCUT2D eigenvalue weighted by atomic mass is 10.2. The Morgan fingerprint density at radius 2 is 2.14 bits per heavy atom. The Kier molecular flexibility index (Phi) is 7.89. The summed E-state index contributed by atoms with van der Waals surface area (Å²) in [6, 6.07) is 0. The Labute approximate surface area is 84.6 Å². The van der Waals surface area contributed by atoms with Crippen molar-refractivity contribution in [3.63, 3.8) is 0 Å². The average Bonchev–Trinajstić information content (AvgIpc) is 2.17. The molecule has 0 aromatic rings. The summed E-state index contributed by atoms with van der Waals surface area (Å²) >= 11 is 0. The molecule has 0 aromatic heterocycles. The van der Waals surface area contributed by atoms with Crippen molar-refractivity contribution in [1.82, 2.24) is 0 Å². The molecule has 0 fully saturated rings. The van der Waals surface area contributed by atoms with E-state index in [9.17, 15) is 9.59 Å². The molecule has 0 aliphatic heterocycles. The van der Waals surface area contributed by atoms with E-state index < -0.39 is 0 Å². The van der Waals surface area contributed by atoms with Gasteiger partial charge in [0.2, 0.25) is 0 Å². The first-order chi connectivity index (χ1) is 6.70. The van der Waals surface area contributed by atoms with Gasteiger partial charge < -0.3 is 9.47 Å². The van der Waals surface area contributed by atoms with Crippen LogP contribution >= 0.6 is 0 Å². The van der Waals surface area contributed by atoms with Crippen LogP contribution in [0.15, 0.2) is 0 Å². The zero-order valence-corrected chi connectivity index (χ0v) is 8.82. The summed E-state index contributed by atoms with van der Waals surface area (Å²) in [6.07, 6.45) is 2.62. The molecule has 0 saturated carbocycles. The van der Waals surface area contributed by atoms with E-state index in [-0.39, 0.29) is 12.1 Å². The van der Waals surface area contributed by atoms with Gasteiger partial charge in [0.05, 0.1) is 12.7 Å². The van der Waals surface area contributed by atoms with Gasteiger partial charge in [-0.3, -0.25) is 9.59 Å². The van der Waals surface area contributed by atoms with Crippen LogP contribution < -0.4 is 0 Å². The highest BCUT2D eigenvalue weighted by Crippen LogP contribution is 2.02. The highest BCUT2D eigenvalue weighted by Gasteiger charge is 2.06. The van der Waals surface area contributed by atoms with Crippen molar-refractivity contribution in [2.45, 2.75) is 45.6 Å². The van der Waals surface area contributed by atoms with Crippen LogP contribution in [-0.2, 0) is 19.1 Å². The summed E-state index contributed by atoms with van der Waals surface area (Å²) in [5.74, 6) is -0.176. The second-order valence-corrected chi connectivity index (χ2v) is 3.13. The molecule has 0 aliphatic rings. The Bertz CT molecular complexity index is 168. The predicted molar refractivity (Wildman–Crippen MR) is 51.7 cm³/mol. The maximum atomic E-state index is 11.1. The predicted octanol–water partition coefficient (Wildman–Crippen LogP) is 1.67. The second-order valence-electron chi connectivity index (χ2n) is 3.13. The molecule has 1 unspecified atom stereocenters. The smallest absolute Gasteiger partial charge is 0.306 e. The van der Waals surface area contributed by atoms with Crippen LogP contribution in [0.4, 0.5) is 0 Å². The first kappa shape index (κ1) is 12.9. The minimum atomic E-state index is -0.176. The molecule has 0 N–H and O–H groups in total. The largest absolute Gasteiger partial charge is 0.468 e. The zero-order chi connectivity index (χ0) is 10.8. The summed E-state index contributed by atoms with van der Waals surface area (Å²) in [7, 11) is 0. The third-order valence-corrected chi connectivity index (χ3v) is 1.87. The second kappa shape index (κ2) is 8.53. The lowest BCUT2D eigenvalue weighted by molar-refractivity contribution is -0.148. The van der Waals surface area contributed by atoms with Crippen molar-refractivity contribution in [3.05, 3.63) is 0 Å². The molecule has 0 amide bonds. The third kappa shape index (κ3) is 7.58. The van der Waals surface area contributed by atoms with Gasteiger partial charge in [-0.2, -0.15) is 0 Å². The van der Waals surface area contributed by atoms with Gasteiger partial charge in [0.25, 0.3) is 6.47 Å². The summed E-state index contributed by atoms with van der Waals surface area (Å²) in [4.78, 5) is 20.9. The van der Waals surface area contributed by atoms with E-state index in [4.69, 9.17) is 4.74 Å². The highest BCUT2D eigenvalue weighted by molar-refractivity contribution is 5.69. The lowest BCUT2D eigenvalue weighted by Crippen LogP contribution is -2.13. The van der Waals surface area contributed by atoms with E-state index in [1.807, 2.05) is 13.8 Å². The first-order valence-corrected chi connectivity index (χ1v) is 4.95. The highest BCUT2D eigenvalue weighted by atomic mass is 16.5. The van der Waals surface area contributed by atoms with Crippen LogP contribution in [0, 0.1) is 0 Å². The topological polar surface area (TPSA) is 52.6 Å². The molecule has 0 spiro atoms. The molecule has 0 heterocycles. The molecule has 0 aromatic carbocycles. The van der Waals surface area contributed by atoms with Crippen LogP contribution in [0.2, 0.25) is 0 Å². The Morgan fingerprint density at radius 3 is 2.71 bits per heavy atom. The average molecular weight is 202 g/mol. The maximum absolute atomic E-state index is 11.1. The number of ether oxygens (including phenoxy) is 2. The van der Waals surface area contributed by atoms with E-state index in [0.29, 0.717) is 32.3 Å². The number of carbonyl (C=O) groups excluding carboxylic acids is 2. The maximum Gasteiger partial charge on any atom is 0.306 e. The fourth-order valence-corrected chi connectivity index (χ4v) is 0.869. The van der Waals surface area contributed by atoms with Gasteiger partial charge in [0.1, 0.15) is 0 Å². The van der Waals surface area contributed by atoms with E-state index in [0.717, 1.165) is 6.42 Å². The Balaban J connectivity index is 3.31. The number of unbranched alkanes of at least 4 members (excludes halogenated alkanes) is 1. The molecular weight excluding hydrogens is 184 g/mol. The molecule has 1 atom stereocenters. The van der Waals surface area contributed by atoms with Crippen LogP contribution in [0.5, 0.6) is 0 Å². The molecule has 82 valence electrons. The van der Waals surface area contributed by atoms with Crippen molar-refractivity contribution in [1.29, 1.82) is 0 Å². The standard InChI is InChI=1S/C10H18O4/c1-3-9(2)14-10(12)6-4-5-7-13-8-11/h8-9H,3-7H2,1-2H3. The minimum Gasteiger partial charge on any atom is -0.468 e. The SMILES string of the molecule is CCC(C)OC(=O)CCCCOC=O. The lowest BCUT2D eigenvalue weighted by Gasteiger charge is -2.10. The van der Waals surface area contributed by atoms with Gasteiger partial charge in [0, 0.05) is 6.42 Å². The zero-order valence-electron chi connectivity index (χ0n) is 8.82. The minimum absolute atomic E-state index is 0.00581. The van der Waals surface area contributed by atoms with Crippen molar-refractivity contribution in [3.8, 4) is 0 Å². The third-order valence-electron chi connectivity index (χ3n) is 1.87. The summed E-state index contributed by atoms with van der Waals surface area (Å²) in [5, 5.41) is 0. The van der Waals surface area contributed by atoms with E-state index in [1.54, 1.807) is 0 Å². The molecule has 14 heavy (non-hydrogen) atoms. The van der Waals surface area contributed by atoms with Crippen LogP contribution in [0.1, 0.15) is 39.5 Å². The molecule has 0 bridgehead atoms. The molecule has 0 radical (unpaired) electrons. The van der Waals surface area contributed by atoms with Gasteiger partial charge >= 0.3 is 5.97 Å². The van der Waals surface area contributed by atoms with Gasteiger partial charge in [-0.25, -0.2) is 0 Å². The number of rotatable bonds is 8. The summed E-state index contributed by atoms with van der Waals surface area (Å²) in [6.45, 7) is 4.63. The Morgan fingerprint density at radius 1 is 1.43 bits per heavy atom. The molecule has 4 heteroatoms. The number of esters is 1. The van der Waals surface area contributed by atoms with Crippen LogP contribution in [-0.4, -0.2) is 25.2 Å². The molecular formula is C10H18O4. The normalized spacial score (nSPS) is 11.9. The van der Waals surface area contributed by atoms with Gasteiger partial charge in [-0.1, -0.05) is 6.92 Å². The van der Waals surface area contributed by atoms with Crippen molar-refractivity contribution >= 4 is 12.4 Å². The first-order valence-electron chi connectivity index (χ1n) is 4.95. The fraction of sp³-hybridized carbons (Fsp3) is 0.800. The quantitative estimate of drug-likeness (QED) is 0.341. The number of hydrogen-bond acceptors (Lipinski definition) is 4. The van der Waals surface area contributed by atoms with Crippen molar-refractivity contribution < 1.29 is 19.1 Å². The molecule has 0 saturated heterocycles. The van der Waals surface area contributed by atoms with Crippen LogP contribution in [0.25, 0.3) is 0 Å². The number of hydrogen-bond donors (Lipinski definition) is 0. The monoisotopic (exact) mass is 202 g/mol. The summed E-state index contributed by atoms with van der Waals surface area (Å²) in [5.41, 5.74) is 0. The molecule has 0 rings (SSSR count). The van der Waals surface area contributed by atoms with Crippen LogP contribution in [0.3, 0.4) is 0 Å². The van der Waals surface area contributed by atoms with Crippen molar-refractivity contribution in [2.75, 3.05) is 6.61 Å². The van der Waals surface area contributed by atoms with Gasteiger partial charge in [0.15, 0.2) is 0 Å².